The van der Waals surface area contributed by atoms with E-state index in [1.807, 2.05) is 0 Å². The van der Waals surface area contributed by atoms with E-state index < -0.39 is 0 Å². The van der Waals surface area contributed by atoms with Crippen molar-refractivity contribution >= 4 is 5.97 Å². The van der Waals surface area contributed by atoms with Gasteiger partial charge in [-0.15, -0.1) is 0 Å². The Bertz CT molecular complexity index is 178. The normalized spacial score (nSPS) is 10.6. The Kier molecular flexibility index (Phi) is 14.1. The van der Waals surface area contributed by atoms with Crippen LogP contribution in [0.25, 0.3) is 0 Å². The highest BCUT2D eigenvalue weighted by Gasteiger charge is 2.02. The minimum atomic E-state index is -0.0156. The zero-order valence-electron chi connectivity index (χ0n) is 12.2. The molecule has 0 unspecified atom stereocenters. The number of unbranched alkanes of at least 4 members (excludes halogenated alkanes) is 9. The SMILES string of the molecule is [CH2]CCCCCOC(=O)CCCCCCCCC. The minimum Gasteiger partial charge on any atom is -0.466 e. The van der Waals surface area contributed by atoms with E-state index in [1.165, 1.54) is 38.5 Å². The van der Waals surface area contributed by atoms with Gasteiger partial charge < -0.3 is 4.74 Å². The van der Waals surface area contributed by atoms with Gasteiger partial charge >= 0.3 is 5.97 Å². The molecule has 0 aromatic rings. The van der Waals surface area contributed by atoms with Gasteiger partial charge in [-0.1, -0.05) is 71.6 Å². The summed E-state index contributed by atoms with van der Waals surface area (Å²) in [4.78, 5) is 11.4. The molecule has 0 N–H and O–H groups in total. The quantitative estimate of drug-likeness (QED) is 0.339. The molecule has 107 valence electrons. The number of carbonyl (C=O) groups is 1. The van der Waals surface area contributed by atoms with Gasteiger partial charge in [0, 0.05) is 6.42 Å². The highest BCUT2D eigenvalue weighted by atomic mass is 16.5. The first-order valence-electron chi connectivity index (χ1n) is 7.76. The van der Waals surface area contributed by atoms with Gasteiger partial charge in [-0.2, -0.15) is 0 Å². The van der Waals surface area contributed by atoms with Crippen molar-refractivity contribution in [3.63, 3.8) is 0 Å². The number of carbonyl (C=O) groups excluding carboxylic acids is 1. The molecule has 0 aliphatic carbocycles. The van der Waals surface area contributed by atoms with E-state index in [4.69, 9.17) is 4.74 Å². The monoisotopic (exact) mass is 255 g/mol. The third-order valence-electron chi connectivity index (χ3n) is 3.14. The van der Waals surface area contributed by atoms with Crippen LogP contribution >= 0.6 is 0 Å². The fourth-order valence-corrected chi connectivity index (χ4v) is 1.94. The van der Waals surface area contributed by atoms with Crippen LogP contribution in [0.2, 0.25) is 0 Å². The van der Waals surface area contributed by atoms with E-state index in [-0.39, 0.29) is 5.97 Å². The summed E-state index contributed by atoms with van der Waals surface area (Å²) in [6, 6.07) is 0. The van der Waals surface area contributed by atoms with Crippen LogP contribution in [0.5, 0.6) is 0 Å². The molecule has 0 aromatic heterocycles. The molecule has 2 heteroatoms. The summed E-state index contributed by atoms with van der Waals surface area (Å²) in [7, 11) is 0. The van der Waals surface area contributed by atoms with Crippen molar-refractivity contribution in [1.29, 1.82) is 0 Å². The molecule has 0 heterocycles. The summed E-state index contributed by atoms with van der Waals surface area (Å²) < 4.78 is 5.17. The van der Waals surface area contributed by atoms with E-state index in [0.717, 1.165) is 32.1 Å². The molecule has 0 spiro atoms. The predicted molar refractivity (Wildman–Crippen MR) is 77.4 cm³/mol. The Morgan fingerprint density at radius 2 is 1.50 bits per heavy atom. The topological polar surface area (TPSA) is 26.3 Å². The minimum absolute atomic E-state index is 0.0156. The first kappa shape index (κ1) is 17.5. The second kappa shape index (κ2) is 14.5. The lowest BCUT2D eigenvalue weighted by molar-refractivity contribution is -0.143. The number of hydrogen-bond donors (Lipinski definition) is 0. The highest BCUT2D eigenvalue weighted by molar-refractivity contribution is 5.69. The molecule has 0 atom stereocenters. The summed E-state index contributed by atoms with van der Waals surface area (Å²) in [5.74, 6) is -0.0156. The molecule has 1 radical (unpaired) electrons. The number of ether oxygens (including phenoxy) is 1. The molecule has 0 aliphatic rings. The maximum absolute atomic E-state index is 11.4. The van der Waals surface area contributed by atoms with Crippen LogP contribution in [0.3, 0.4) is 0 Å². The first-order chi connectivity index (χ1) is 8.81. The second-order valence-electron chi connectivity index (χ2n) is 5.01. The third-order valence-corrected chi connectivity index (χ3v) is 3.14. The van der Waals surface area contributed by atoms with E-state index in [2.05, 4.69) is 13.8 Å². The smallest absolute Gasteiger partial charge is 0.305 e. The molecule has 0 aromatic carbocycles. The lowest BCUT2D eigenvalue weighted by atomic mass is 10.1. The first-order valence-corrected chi connectivity index (χ1v) is 7.76. The zero-order chi connectivity index (χ0) is 13.5. The lowest BCUT2D eigenvalue weighted by Crippen LogP contribution is -2.05. The van der Waals surface area contributed by atoms with Gasteiger partial charge in [-0.3, -0.25) is 4.79 Å². The Balaban J connectivity index is 3.12. The molecule has 0 bridgehead atoms. The molecule has 2 nitrogen and oxygen atoms in total. The Labute approximate surface area is 113 Å². The molecular weight excluding hydrogens is 224 g/mol. The van der Waals surface area contributed by atoms with Gasteiger partial charge in [0.05, 0.1) is 6.61 Å². The number of hydrogen-bond acceptors (Lipinski definition) is 2. The summed E-state index contributed by atoms with van der Waals surface area (Å²) in [5, 5.41) is 0. The molecule has 18 heavy (non-hydrogen) atoms. The van der Waals surface area contributed by atoms with Crippen LogP contribution in [0.4, 0.5) is 0 Å². The van der Waals surface area contributed by atoms with Gasteiger partial charge in [0.15, 0.2) is 0 Å². The molecule has 0 aliphatic heterocycles. The fraction of sp³-hybridized carbons (Fsp3) is 0.875. The van der Waals surface area contributed by atoms with Crippen molar-refractivity contribution in [3.8, 4) is 0 Å². The van der Waals surface area contributed by atoms with E-state index in [1.54, 1.807) is 0 Å². The summed E-state index contributed by atoms with van der Waals surface area (Å²) >= 11 is 0. The van der Waals surface area contributed by atoms with Crippen molar-refractivity contribution in [2.24, 2.45) is 0 Å². The Hall–Kier alpha value is -0.530. The van der Waals surface area contributed by atoms with Crippen LogP contribution in [0, 0.1) is 6.92 Å². The molecule has 0 saturated carbocycles. The second-order valence-corrected chi connectivity index (χ2v) is 5.01. The maximum atomic E-state index is 11.4. The van der Waals surface area contributed by atoms with Crippen molar-refractivity contribution in [3.05, 3.63) is 6.92 Å². The van der Waals surface area contributed by atoms with Gasteiger partial charge in [0.1, 0.15) is 0 Å². The van der Waals surface area contributed by atoms with E-state index in [9.17, 15) is 4.79 Å². The average molecular weight is 255 g/mol. The Morgan fingerprint density at radius 3 is 2.17 bits per heavy atom. The summed E-state index contributed by atoms with van der Waals surface area (Å²) in [5.41, 5.74) is 0. The highest BCUT2D eigenvalue weighted by Crippen LogP contribution is 2.09. The van der Waals surface area contributed by atoms with E-state index in [0.29, 0.717) is 13.0 Å². The maximum Gasteiger partial charge on any atom is 0.305 e. The largest absolute Gasteiger partial charge is 0.466 e. The van der Waals surface area contributed by atoms with Gasteiger partial charge in [-0.05, 0) is 12.8 Å². The molecule has 0 amide bonds. The van der Waals surface area contributed by atoms with Crippen LogP contribution in [0.15, 0.2) is 0 Å². The van der Waals surface area contributed by atoms with Crippen LogP contribution in [-0.2, 0) is 9.53 Å². The van der Waals surface area contributed by atoms with Crippen molar-refractivity contribution < 1.29 is 9.53 Å². The summed E-state index contributed by atoms with van der Waals surface area (Å²) in [6.45, 7) is 6.61. The summed E-state index contributed by atoms with van der Waals surface area (Å²) in [6.07, 6.45) is 13.5. The molecule has 0 rings (SSSR count). The van der Waals surface area contributed by atoms with Gasteiger partial charge in [0.25, 0.3) is 0 Å². The lowest BCUT2D eigenvalue weighted by Gasteiger charge is -2.04. The van der Waals surface area contributed by atoms with Crippen LogP contribution in [0.1, 0.15) is 84.0 Å². The fourth-order valence-electron chi connectivity index (χ4n) is 1.94. The van der Waals surface area contributed by atoms with Crippen molar-refractivity contribution in [1.82, 2.24) is 0 Å². The van der Waals surface area contributed by atoms with Gasteiger partial charge in [0.2, 0.25) is 0 Å². The van der Waals surface area contributed by atoms with E-state index >= 15 is 0 Å². The predicted octanol–water partition coefficient (Wildman–Crippen LogP) is 5.06. The van der Waals surface area contributed by atoms with Gasteiger partial charge in [-0.25, -0.2) is 0 Å². The standard InChI is InChI=1S/C16H31O2/c1-3-5-7-9-10-11-12-14-16(17)18-15-13-8-6-4-2/h2-15H2,1H3. The molecule has 0 fully saturated rings. The Morgan fingerprint density at radius 1 is 0.889 bits per heavy atom. The van der Waals surface area contributed by atoms with Crippen LogP contribution < -0.4 is 0 Å². The number of esters is 1. The molecule has 0 saturated heterocycles. The van der Waals surface area contributed by atoms with Crippen molar-refractivity contribution in [2.75, 3.05) is 6.61 Å². The number of rotatable bonds is 13. The van der Waals surface area contributed by atoms with Crippen molar-refractivity contribution in [2.45, 2.75) is 84.0 Å². The third kappa shape index (κ3) is 13.5. The zero-order valence-corrected chi connectivity index (χ0v) is 12.2. The molecular formula is C16H31O2. The average Bonchev–Trinajstić information content (AvgIpc) is 2.37. The van der Waals surface area contributed by atoms with Crippen LogP contribution in [-0.4, -0.2) is 12.6 Å².